The summed E-state index contributed by atoms with van der Waals surface area (Å²) in [6.45, 7) is 9.14. The average Bonchev–Trinajstić information content (AvgIpc) is 2.74. The summed E-state index contributed by atoms with van der Waals surface area (Å²) in [5.74, 6) is 1.87. The van der Waals surface area contributed by atoms with Crippen molar-refractivity contribution >= 4 is 23.6 Å². The fourth-order valence-corrected chi connectivity index (χ4v) is 4.12. The molecule has 0 aromatic carbocycles. The van der Waals surface area contributed by atoms with E-state index in [-0.39, 0.29) is 23.9 Å². The monoisotopic (exact) mass is 402 g/mol. The van der Waals surface area contributed by atoms with Crippen molar-refractivity contribution in [2.75, 3.05) is 36.0 Å². The third-order valence-corrected chi connectivity index (χ3v) is 5.73. The van der Waals surface area contributed by atoms with Crippen LogP contribution in [0.4, 0.5) is 11.8 Å². The maximum absolute atomic E-state index is 11.8. The van der Waals surface area contributed by atoms with E-state index in [1.807, 2.05) is 27.0 Å². The lowest BCUT2D eigenvalue weighted by molar-refractivity contribution is -0.122. The Morgan fingerprint density at radius 2 is 1.55 bits per heavy atom. The number of aryl methyl sites for hydroxylation is 1. The number of carbonyl (C=O) groups is 2. The molecule has 3 rings (SSSR count). The van der Waals surface area contributed by atoms with Crippen LogP contribution in [0.1, 0.15) is 57.9 Å². The van der Waals surface area contributed by atoms with Gasteiger partial charge in [-0.2, -0.15) is 4.98 Å². The fourth-order valence-electron chi connectivity index (χ4n) is 4.12. The molecule has 0 spiro atoms. The number of amides is 2. The van der Waals surface area contributed by atoms with E-state index in [9.17, 15) is 9.59 Å². The Hall–Kier alpha value is -2.38. The van der Waals surface area contributed by atoms with Crippen molar-refractivity contribution in [2.24, 2.45) is 0 Å². The van der Waals surface area contributed by atoms with E-state index in [4.69, 9.17) is 4.98 Å². The van der Waals surface area contributed by atoms with E-state index in [2.05, 4.69) is 25.4 Å². The van der Waals surface area contributed by atoms with Gasteiger partial charge in [-0.1, -0.05) is 13.8 Å². The van der Waals surface area contributed by atoms with Gasteiger partial charge in [0.2, 0.25) is 17.8 Å². The molecule has 2 fully saturated rings. The van der Waals surface area contributed by atoms with Gasteiger partial charge in [0.1, 0.15) is 5.82 Å². The number of piperidine rings is 2. The summed E-state index contributed by atoms with van der Waals surface area (Å²) < 4.78 is 0. The van der Waals surface area contributed by atoms with Crippen molar-refractivity contribution < 1.29 is 9.59 Å². The van der Waals surface area contributed by atoms with Gasteiger partial charge >= 0.3 is 0 Å². The van der Waals surface area contributed by atoms with E-state index in [1.165, 1.54) is 0 Å². The van der Waals surface area contributed by atoms with Gasteiger partial charge in [0.05, 0.1) is 0 Å². The third-order valence-electron chi connectivity index (χ3n) is 5.73. The van der Waals surface area contributed by atoms with Crippen LogP contribution in [0.15, 0.2) is 6.20 Å². The number of hydrogen-bond acceptors (Lipinski definition) is 6. The maximum atomic E-state index is 11.8. The predicted octanol–water partition coefficient (Wildman–Crippen LogP) is 1.78. The number of rotatable bonds is 6. The number of anilines is 2. The SMILES string of the molecule is CCC(=O)NC1CCCN(c2ncc(C)c(N3CCCC(NC(=O)CC)C3)n2)C1. The minimum absolute atomic E-state index is 0.0934. The number of nitrogens with one attached hydrogen (secondary N) is 2. The van der Waals surface area contributed by atoms with Crippen molar-refractivity contribution in [2.45, 2.75) is 71.4 Å². The largest absolute Gasteiger partial charge is 0.354 e. The average molecular weight is 403 g/mol. The van der Waals surface area contributed by atoms with Crippen LogP contribution in [0.3, 0.4) is 0 Å². The van der Waals surface area contributed by atoms with Gasteiger partial charge < -0.3 is 20.4 Å². The number of nitrogens with zero attached hydrogens (tertiary/aromatic N) is 4. The molecule has 0 aliphatic carbocycles. The predicted molar refractivity (Wildman–Crippen MR) is 114 cm³/mol. The highest BCUT2D eigenvalue weighted by molar-refractivity contribution is 5.76. The molecule has 0 saturated carbocycles. The lowest BCUT2D eigenvalue weighted by atomic mass is 10.0. The number of aromatic nitrogens is 2. The Bertz CT molecular complexity index is 725. The van der Waals surface area contributed by atoms with Gasteiger partial charge in [-0.3, -0.25) is 9.59 Å². The standard InChI is InChI=1S/C21H34N6O2/c1-4-18(28)23-16-8-6-10-26(13-16)20-15(3)12-22-21(25-20)27-11-7-9-17(14-27)24-19(29)5-2/h12,16-17H,4-11,13-14H2,1-3H3,(H,23,28)(H,24,29). The minimum Gasteiger partial charge on any atom is -0.354 e. The zero-order valence-corrected chi connectivity index (χ0v) is 17.9. The van der Waals surface area contributed by atoms with Crippen molar-refractivity contribution in [1.29, 1.82) is 0 Å². The molecule has 2 aliphatic rings. The Kier molecular flexibility index (Phi) is 7.28. The van der Waals surface area contributed by atoms with Gasteiger partial charge in [0, 0.05) is 62.9 Å². The second-order valence-corrected chi connectivity index (χ2v) is 8.09. The summed E-state index contributed by atoms with van der Waals surface area (Å²) in [6.07, 6.45) is 6.94. The molecule has 160 valence electrons. The van der Waals surface area contributed by atoms with Crippen LogP contribution in [0, 0.1) is 6.92 Å². The molecule has 2 amide bonds. The number of carbonyl (C=O) groups excluding carboxylic acids is 2. The lowest BCUT2D eigenvalue weighted by Gasteiger charge is -2.36. The molecule has 1 aromatic heterocycles. The van der Waals surface area contributed by atoms with Crippen LogP contribution in [0.5, 0.6) is 0 Å². The van der Waals surface area contributed by atoms with E-state index < -0.39 is 0 Å². The van der Waals surface area contributed by atoms with E-state index in [1.54, 1.807) is 0 Å². The first-order valence-corrected chi connectivity index (χ1v) is 10.9. The molecule has 3 heterocycles. The summed E-state index contributed by atoms with van der Waals surface area (Å²) in [4.78, 5) is 37.5. The number of hydrogen-bond donors (Lipinski definition) is 2. The molecule has 0 bridgehead atoms. The lowest BCUT2D eigenvalue weighted by Crippen LogP contribution is -2.49. The quantitative estimate of drug-likeness (QED) is 0.754. The summed E-state index contributed by atoms with van der Waals surface area (Å²) in [5, 5.41) is 6.22. The molecule has 29 heavy (non-hydrogen) atoms. The van der Waals surface area contributed by atoms with Crippen LogP contribution in [0.25, 0.3) is 0 Å². The van der Waals surface area contributed by atoms with Crippen molar-refractivity contribution in [1.82, 2.24) is 20.6 Å². The van der Waals surface area contributed by atoms with Crippen molar-refractivity contribution in [3.63, 3.8) is 0 Å². The fraction of sp³-hybridized carbons (Fsp3) is 0.714. The van der Waals surface area contributed by atoms with Crippen LogP contribution < -0.4 is 20.4 Å². The Morgan fingerprint density at radius 3 is 2.14 bits per heavy atom. The molecule has 0 radical (unpaired) electrons. The van der Waals surface area contributed by atoms with Crippen molar-refractivity contribution in [3.8, 4) is 0 Å². The molecule has 8 heteroatoms. The Morgan fingerprint density at radius 1 is 1.00 bits per heavy atom. The second-order valence-electron chi connectivity index (χ2n) is 8.09. The summed E-state index contributed by atoms with van der Waals surface area (Å²) in [6, 6.07) is 0.311. The minimum atomic E-state index is 0.0934. The maximum Gasteiger partial charge on any atom is 0.227 e. The third kappa shape index (κ3) is 5.58. The molecule has 2 unspecified atom stereocenters. The summed E-state index contributed by atoms with van der Waals surface area (Å²) >= 11 is 0. The van der Waals surface area contributed by atoms with Crippen LogP contribution >= 0.6 is 0 Å². The van der Waals surface area contributed by atoms with Gasteiger partial charge in [-0.25, -0.2) is 4.98 Å². The van der Waals surface area contributed by atoms with Crippen LogP contribution in [-0.2, 0) is 9.59 Å². The molecular formula is C21H34N6O2. The van der Waals surface area contributed by atoms with Crippen molar-refractivity contribution in [3.05, 3.63) is 11.8 Å². The summed E-state index contributed by atoms with van der Waals surface area (Å²) in [5.41, 5.74) is 1.05. The first-order chi connectivity index (χ1) is 14.0. The second kappa shape index (κ2) is 9.89. The van der Waals surface area contributed by atoms with Gasteiger partial charge in [-0.15, -0.1) is 0 Å². The van der Waals surface area contributed by atoms with Gasteiger partial charge in [-0.05, 0) is 32.6 Å². The molecule has 1 aromatic rings. The first kappa shape index (κ1) is 21.3. The summed E-state index contributed by atoms with van der Waals surface area (Å²) in [7, 11) is 0. The normalized spacial score (nSPS) is 22.3. The topological polar surface area (TPSA) is 90.5 Å². The van der Waals surface area contributed by atoms with E-state index in [0.29, 0.717) is 12.8 Å². The Balaban J connectivity index is 1.70. The van der Waals surface area contributed by atoms with E-state index in [0.717, 1.165) is 69.2 Å². The highest BCUT2D eigenvalue weighted by atomic mass is 16.2. The highest BCUT2D eigenvalue weighted by Gasteiger charge is 2.26. The molecule has 8 nitrogen and oxygen atoms in total. The molecule has 2 atom stereocenters. The molecular weight excluding hydrogens is 368 g/mol. The smallest absolute Gasteiger partial charge is 0.227 e. The van der Waals surface area contributed by atoms with Gasteiger partial charge in [0.25, 0.3) is 0 Å². The molecule has 2 aliphatic heterocycles. The van der Waals surface area contributed by atoms with E-state index >= 15 is 0 Å². The highest BCUT2D eigenvalue weighted by Crippen LogP contribution is 2.25. The zero-order valence-electron chi connectivity index (χ0n) is 17.9. The van der Waals surface area contributed by atoms with Crippen LogP contribution in [-0.4, -0.2) is 60.0 Å². The first-order valence-electron chi connectivity index (χ1n) is 10.9. The Labute approximate surface area is 173 Å². The zero-order chi connectivity index (χ0) is 20.8. The molecule has 2 saturated heterocycles. The molecule has 2 N–H and O–H groups in total. The van der Waals surface area contributed by atoms with Crippen LogP contribution in [0.2, 0.25) is 0 Å². The van der Waals surface area contributed by atoms with Gasteiger partial charge in [0.15, 0.2) is 0 Å².